The smallest absolute Gasteiger partial charge is 0.225 e. The maximum absolute atomic E-state index is 5.98. The lowest BCUT2D eigenvalue weighted by Crippen LogP contribution is -2.10. The summed E-state index contributed by atoms with van der Waals surface area (Å²) in [5, 5.41) is 1.03. The Hall–Kier alpha value is -2.59. The molecule has 23 heavy (non-hydrogen) atoms. The Morgan fingerprint density at radius 2 is 1.91 bits per heavy atom. The Bertz CT molecular complexity index is 868. The van der Waals surface area contributed by atoms with E-state index in [1.807, 2.05) is 55.5 Å². The average Bonchev–Trinajstić information content (AvgIpc) is 2.60. The van der Waals surface area contributed by atoms with Crippen LogP contribution in [0, 0.1) is 0 Å². The molecule has 0 bridgehead atoms. The molecule has 4 nitrogen and oxygen atoms in total. The molecule has 0 saturated heterocycles. The van der Waals surface area contributed by atoms with Crippen molar-refractivity contribution in [2.45, 2.75) is 13.5 Å². The van der Waals surface area contributed by atoms with Crippen molar-refractivity contribution in [2.24, 2.45) is 4.99 Å². The van der Waals surface area contributed by atoms with Crippen LogP contribution >= 0.6 is 0 Å². The van der Waals surface area contributed by atoms with Crippen molar-refractivity contribution in [3.8, 4) is 5.75 Å². The van der Waals surface area contributed by atoms with Gasteiger partial charge < -0.3 is 13.9 Å². The van der Waals surface area contributed by atoms with Gasteiger partial charge in [0.05, 0.1) is 19.4 Å². The van der Waals surface area contributed by atoms with Crippen LogP contribution in [0.5, 0.6) is 5.75 Å². The van der Waals surface area contributed by atoms with Crippen LogP contribution in [0.4, 0.5) is 5.69 Å². The minimum Gasteiger partial charge on any atom is -0.497 e. The van der Waals surface area contributed by atoms with Gasteiger partial charge in [0, 0.05) is 23.6 Å². The Morgan fingerprint density at radius 1 is 1.04 bits per heavy atom. The van der Waals surface area contributed by atoms with Gasteiger partial charge in [-0.25, -0.2) is 4.99 Å². The lowest BCUT2D eigenvalue weighted by Gasteiger charge is -2.05. The molecular weight excluding hydrogens is 290 g/mol. The Morgan fingerprint density at radius 3 is 2.74 bits per heavy atom. The molecule has 1 aromatic heterocycles. The van der Waals surface area contributed by atoms with E-state index >= 15 is 0 Å². The van der Waals surface area contributed by atoms with E-state index in [2.05, 4.69) is 11.1 Å². The molecule has 0 aliphatic carbocycles. The third-order valence-electron chi connectivity index (χ3n) is 3.48. The van der Waals surface area contributed by atoms with Crippen LogP contribution in [0.3, 0.4) is 0 Å². The van der Waals surface area contributed by atoms with Gasteiger partial charge in [0.15, 0.2) is 0 Å². The summed E-state index contributed by atoms with van der Waals surface area (Å²) in [6.45, 7) is 3.08. The van der Waals surface area contributed by atoms with Crippen LogP contribution in [-0.2, 0) is 11.3 Å². The summed E-state index contributed by atoms with van der Waals surface area (Å²) in [5.74, 6) is 0.762. The molecule has 0 radical (unpaired) electrons. The molecule has 118 valence electrons. The van der Waals surface area contributed by atoms with E-state index in [-0.39, 0.29) is 0 Å². The third-order valence-corrected chi connectivity index (χ3v) is 3.48. The lowest BCUT2D eigenvalue weighted by molar-refractivity contribution is 0.131. The van der Waals surface area contributed by atoms with Crippen LogP contribution in [0.2, 0.25) is 0 Å². The van der Waals surface area contributed by atoms with E-state index in [9.17, 15) is 0 Å². The van der Waals surface area contributed by atoms with Crippen molar-refractivity contribution in [1.29, 1.82) is 0 Å². The molecule has 0 N–H and O–H groups in total. The molecule has 0 spiro atoms. The first kappa shape index (κ1) is 15.3. The van der Waals surface area contributed by atoms with Crippen LogP contribution in [0.25, 0.3) is 11.0 Å². The van der Waals surface area contributed by atoms with E-state index in [1.54, 1.807) is 7.11 Å². The van der Waals surface area contributed by atoms with Gasteiger partial charge in [0.25, 0.3) is 0 Å². The number of ether oxygens (including phenoxy) is 2. The summed E-state index contributed by atoms with van der Waals surface area (Å²) in [5.41, 5.74) is 3.06. The molecule has 0 fully saturated rings. The molecule has 0 amide bonds. The van der Waals surface area contributed by atoms with Gasteiger partial charge in [-0.1, -0.05) is 24.3 Å². The quantitative estimate of drug-likeness (QED) is 0.709. The molecule has 3 aromatic rings. The summed E-state index contributed by atoms with van der Waals surface area (Å²) < 4.78 is 16.8. The van der Waals surface area contributed by atoms with Gasteiger partial charge in [0.1, 0.15) is 11.3 Å². The second-order valence-corrected chi connectivity index (χ2v) is 5.07. The largest absolute Gasteiger partial charge is 0.497 e. The third kappa shape index (κ3) is 3.60. The predicted octanol–water partition coefficient (Wildman–Crippen LogP) is 4.21. The van der Waals surface area contributed by atoms with Crippen molar-refractivity contribution in [2.75, 3.05) is 13.7 Å². The van der Waals surface area contributed by atoms with Gasteiger partial charge in [-0.3, -0.25) is 0 Å². The molecule has 2 aromatic carbocycles. The first-order chi connectivity index (χ1) is 11.3. The van der Waals surface area contributed by atoms with E-state index in [4.69, 9.17) is 13.9 Å². The molecule has 0 aliphatic rings. The van der Waals surface area contributed by atoms with Crippen molar-refractivity contribution in [3.05, 3.63) is 65.7 Å². The molecule has 0 aliphatic heterocycles. The zero-order valence-electron chi connectivity index (χ0n) is 13.3. The van der Waals surface area contributed by atoms with Gasteiger partial charge in [-0.2, -0.15) is 0 Å². The predicted molar refractivity (Wildman–Crippen MR) is 89.8 cm³/mol. The van der Waals surface area contributed by atoms with Gasteiger partial charge in [-0.05, 0) is 31.2 Å². The highest BCUT2D eigenvalue weighted by Crippen LogP contribution is 2.20. The van der Waals surface area contributed by atoms with Crippen LogP contribution < -0.4 is 10.3 Å². The molecule has 4 heteroatoms. The average molecular weight is 309 g/mol. The summed E-state index contributed by atoms with van der Waals surface area (Å²) in [4.78, 5) is 4.63. The van der Waals surface area contributed by atoms with Gasteiger partial charge >= 0.3 is 0 Å². The van der Waals surface area contributed by atoms with E-state index < -0.39 is 0 Å². The number of hydrogen-bond acceptors (Lipinski definition) is 4. The fraction of sp³-hybridized carbons (Fsp3) is 0.211. The zero-order valence-corrected chi connectivity index (χ0v) is 13.3. The fourth-order valence-corrected chi connectivity index (χ4v) is 2.32. The van der Waals surface area contributed by atoms with Crippen LogP contribution in [0.1, 0.15) is 12.5 Å². The Kier molecular flexibility index (Phi) is 4.74. The van der Waals surface area contributed by atoms with Crippen molar-refractivity contribution < 1.29 is 13.9 Å². The maximum atomic E-state index is 5.98. The minimum atomic E-state index is 0.466. The number of methoxy groups -OCH3 is 1. The van der Waals surface area contributed by atoms with Gasteiger partial charge in [0.2, 0.25) is 5.55 Å². The Labute approximate surface area is 135 Å². The minimum absolute atomic E-state index is 0.466. The molecule has 0 unspecified atom stereocenters. The molecule has 0 atom stereocenters. The fourth-order valence-electron chi connectivity index (χ4n) is 2.32. The van der Waals surface area contributed by atoms with Crippen molar-refractivity contribution in [1.82, 2.24) is 0 Å². The molecule has 1 heterocycles. The summed E-state index contributed by atoms with van der Waals surface area (Å²) in [6.07, 6.45) is 0. The topological polar surface area (TPSA) is 44.0 Å². The molecule has 0 saturated carbocycles. The van der Waals surface area contributed by atoms with Crippen molar-refractivity contribution >= 4 is 16.7 Å². The van der Waals surface area contributed by atoms with Crippen LogP contribution in [0.15, 0.2) is 64.0 Å². The summed E-state index contributed by atoms with van der Waals surface area (Å²) in [7, 11) is 1.64. The highest BCUT2D eigenvalue weighted by Gasteiger charge is 2.04. The number of fused-ring (bicyclic) bond motifs is 1. The standard InChI is InChI=1S/C19H19NO3/c1-3-22-13-15-11-14-7-4-5-10-18(14)23-19(15)20-16-8-6-9-17(12-16)21-2/h4-12H,3,13H2,1-2H3/b20-19-. The maximum Gasteiger partial charge on any atom is 0.225 e. The van der Waals surface area contributed by atoms with E-state index in [0.29, 0.717) is 18.8 Å². The summed E-state index contributed by atoms with van der Waals surface area (Å²) in [6, 6.07) is 17.5. The number of para-hydroxylation sites is 1. The van der Waals surface area contributed by atoms with E-state index in [0.717, 1.165) is 28.0 Å². The van der Waals surface area contributed by atoms with Gasteiger partial charge in [-0.15, -0.1) is 0 Å². The molecular formula is C19H19NO3. The van der Waals surface area contributed by atoms with Crippen molar-refractivity contribution in [3.63, 3.8) is 0 Å². The number of rotatable bonds is 5. The SMILES string of the molecule is CCOCc1cc2ccccc2o/c1=N\c1cccc(OC)c1. The second kappa shape index (κ2) is 7.11. The summed E-state index contributed by atoms with van der Waals surface area (Å²) >= 11 is 0. The number of hydrogen-bond donors (Lipinski definition) is 0. The number of nitrogens with zero attached hydrogens (tertiary/aromatic N) is 1. The Balaban J connectivity index is 2.14. The highest BCUT2D eigenvalue weighted by molar-refractivity contribution is 5.76. The zero-order chi connectivity index (χ0) is 16.1. The molecule has 3 rings (SSSR count). The van der Waals surface area contributed by atoms with Crippen LogP contribution in [-0.4, -0.2) is 13.7 Å². The second-order valence-electron chi connectivity index (χ2n) is 5.07. The first-order valence-electron chi connectivity index (χ1n) is 7.58. The highest BCUT2D eigenvalue weighted by atomic mass is 16.5. The first-order valence-corrected chi connectivity index (χ1v) is 7.58. The normalized spacial score (nSPS) is 11.8. The lowest BCUT2D eigenvalue weighted by atomic mass is 10.2. The monoisotopic (exact) mass is 309 g/mol. The number of benzene rings is 2. The van der Waals surface area contributed by atoms with E-state index in [1.165, 1.54) is 0 Å².